The average Bonchev–Trinajstić information content (AvgIpc) is 3.25. The van der Waals surface area contributed by atoms with Crippen LogP contribution in [-0.4, -0.2) is 66.2 Å². The molecule has 2 amide bonds. The molecule has 12 N–H and O–H groups in total. The summed E-state index contributed by atoms with van der Waals surface area (Å²) in [4.78, 5) is 49.9. The van der Waals surface area contributed by atoms with E-state index < -0.39 is 23.9 Å². The standard InChI is InChI=1S/C21H32N10O3S/c22-12(5-3-9-27-20(23)24)18(34)29-11-16(32)30-14(7-4-10-28-21(25)26)17(33)19-31-13-6-1-2-8-15(13)35-19/h1-2,6,8,12,14H,3-5,7,9-11,22H2,(H,29,34)(H,30,32)(H4,23,24,27)(H4,25,26,28). The van der Waals surface area contributed by atoms with Crippen LogP contribution in [-0.2, 0) is 9.59 Å². The minimum atomic E-state index is -0.859. The van der Waals surface area contributed by atoms with Crippen LogP contribution in [0.4, 0.5) is 0 Å². The van der Waals surface area contributed by atoms with Gasteiger partial charge in [-0.15, -0.1) is 11.3 Å². The number of aliphatic imine (C=N–C) groups is 2. The van der Waals surface area contributed by atoms with Gasteiger partial charge < -0.3 is 39.3 Å². The lowest BCUT2D eigenvalue weighted by Gasteiger charge is -2.17. The van der Waals surface area contributed by atoms with E-state index in [1.165, 1.54) is 11.3 Å². The van der Waals surface area contributed by atoms with Gasteiger partial charge in [0.2, 0.25) is 17.6 Å². The van der Waals surface area contributed by atoms with Gasteiger partial charge in [0.15, 0.2) is 16.9 Å². The Morgan fingerprint density at radius 2 is 1.60 bits per heavy atom. The monoisotopic (exact) mass is 504 g/mol. The molecule has 190 valence electrons. The minimum Gasteiger partial charge on any atom is -0.370 e. The summed E-state index contributed by atoms with van der Waals surface area (Å²) in [7, 11) is 0. The zero-order chi connectivity index (χ0) is 25.8. The Morgan fingerprint density at radius 3 is 2.23 bits per heavy atom. The number of hydrogen-bond acceptors (Lipinski definition) is 8. The number of carbonyl (C=O) groups excluding carboxylic acids is 3. The van der Waals surface area contributed by atoms with Gasteiger partial charge in [0.1, 0.15) is 0 Å². The van der Waals surface area contributed by atoms with Crippen molar-refractivity contribution in [2.45, 2.75) is 37.8 Å². The number of carbonyl (C=O) groups is 3. The summed E-state index contributed by atoms with van der Waals surface area (Å²) in [6.45, 7) is 0.310. The van der Waals surface area contributed by atoms with Crippen molar-refractivity contribution >= 4 is 51.1 Å². The molecule has 0 saturated carbocycles. The molecule has 1 aromatic heterocycles. The van der Waals surface area contributed by atoms with Gasteiger partial charge in [-0.2, -0.15) is 0 Å². The number of nitrogens with zero attached hydrogens (tertiary/aromatic N) is 3. The molecule has 0 aliphatic carbocycles. The molecule has 0 aliphatic rings. The molecule has 2 atom stereocenters. The van der Waals surface area contributed by atoms with Crippen molar-refractivity contribution in [2.24, 2.45) is 38.7 Å². The SMILES string of the molecule is NC(N)=NCCCC(N)C(=O)NCC(=O)NC(CCCN=C(N)N)C(=O)c1nc2ccccc2s1. The van der Waals surface area contributed by atoms with Crippen LogP contribution in [0.2, 0.25) is 0 Å². The first-order chi connectivity index (χ1) is 16.7. The summed E-state index contributed by atoms with van der Waals surface area (Å²) < 4.78 is 0.863. The number of nitrogens with one attached hydrogen (secondary N) is 2. The van der Waals surface area contributed by atoms with Gasteiger partial charge in [0.25, 0.3) is 0 Å². The highest BCUT2D eigenvalue weighted by atomic mass is 32.1. The van der Waals surface area contributed by atoms with E-state index in [0.717, 1.165) is 4.70 Å². The lowest BCUT2D eigenvalue weighted by Crippen LogP contribution is -2.48. The van der Waals surface area contributed by atoms with Crippen molar-refractivity contribution in [3.05, 3.63) is 29.3 Å². The smallest absolute Gasteiger partial charge is 0.239 e. The van der Waals surface area contributed by atoms with Gasteiger partial charge in [-0.1, -0.05) is 12.1 Å². The fourth-order valence-corrected chi connectivity index (χ4v) is 4.05. The molecule has 2 aromatic rings. The van der Waals surface area contributed by atoms with E-state index in [-0.39, 0.29) is 35.7 Å². The third-order valence-electron chi connectivity index (χ3n) is 4.83. The highest BCUT2D eigenvalue weighted by Gasteiger charge is 2.25. The maximum Gasteiger partial charge on any atom is 0.239 e. The maximum atomic E-state index is 13.1. The predicted octanol–water partition coefficient (Wildman–Crippen LogP) is -1.49. The molecule has 0 spiro atoms. The van der Waals surface area contributed by atoms with E-state index in [1.807, 2.05) is 24.3 Å². The van der Waals surface area contributed by atoms with Gasteiger partial charge in [-0.3, -0.25) is 24.4 Å². The quantitative estimate of drug-likeness (QED) is 0.0684. The molecule has 0 saturated heterocycles. The molecular formula is C21H32N10O3S. The Morgan fingerprint density at radius 1 is 0.971 bits per heavy atom. The van der Waals surface area contributed by atoms with Crippen LogP contribution in [0.15, 0.2) is 34.3 Å². The minimum absolute atomic E-state index is 0.0343. The van der Waals surface area contributed by atoms with Crippen LogP contribution < -0.4 is 39.3 Å². The number of para-hydroxylation sites is 1. The summed E-state index contributed by atoms with van der Waals surface area (Å²) in [6.07, 6.45) is 1.59. The van der Waals surface area contributed by atoms with Crippen LogP contribution in [0.5, 0.6) is 0 Å². The second kappa shape index (κ2) is 13.8. The zero-order valence-electron chi connectivity index (χ0n) is 19.3. The van der Waals surface area contributed by atoms with Crippen molar-refractivity contribution in [3.8, 4) is 0 Å². The molecular weight excluding hydrogens is 472 g/mol. The largest absolute Gasteiger partial charge is 0.370 e. The predicted molar refractivity (Wildman–Crippen MR) is 137 cm³/mol. The molecule has 0 radical (unpaired) electrons. The Balaban J connectivity index is 1.95. The number of nitrogens with two attached hydrogens (primary N) is 5. The molecule has 0 fully saturated rings. The molecule has 1 aromatic carbocycles. The van der Waals surface area contributed by atoms with Crippen molar-refractivity contribution in [1.29, 1.82) is 0 Å². The van der Waals surface area contributed by atoms with Crippen molar-refractivity contribution in [3.63, 3.8) is 0 Å². The van der Waals surface area contributed by atoms with E-state index in [2.05, 4.69) is 25.6 Å². The number of guanidine groups is 2. The fourth-order valence-electron chi connectivity index (χ4n) is 3.09. The van der Waals surface area contributed by atoms with E-state index in [9.17, 15) is 14.4 Å². The van der Waals surface area contributed by atoms with Crippen LogP contribution in [0.3, 0.4) is 0 Å². The number of thiazole rings is 1. The summed E-state index contributed by atoms with van der Waals surface area (Å²) in [5, 5.41) is 5.43. The topological polar surface area (TPSA) is 243 Å². The molecule has 1 heterocycles. The number of fused-ring (bicyclic) bond motifs is 1. The molecule has 0 aliphatic heterocycles. The van der Waals surface area contributed by atoms with Gasteiger partial charge >= 0.3 is 0 Å². The first-order valence-electron chi connectivity index (χ1n) is 11.0. The zero-order valence-corrected chi connectivity index (χ0v) is 20.1. The highest BCUT2D eigenvalue weighted by molar-refractivity contribution is 7.20. The van der Waals surface area contributed by atoms with Crippen LogP contribution in [0.25, 0.3) is 10.2 Å². The van der Waals surface area contributed by atoms with Gasteiger partial charge in [-0.05, 0) is 37.8 Å². The number of rotatable bonds is 14. The summed E-state index contributed by atoms with van der Waals surface area (Å²) in [5.41, 5.74) is 27.7. The van der Waals surface area contributed by atoms with Crippen molar-refractivity contribution in [1.82, 2.24) is 15.6 Å². The van der Waals surface area contributed by atoms with E-state index in [0.29, 0.717) is 37.9 Å². The Labute approximate surface area is 206 Å². The van der Waals surface area contributed by atoms with Crippen LogP contribution in [0, 0.1) is 0 Å². The average molecular weight is 505 g/mol. The Bertz CT molecular complexity index is 1040. The van der Waals surface area contributed by atoms with Gasteiger partial charge in [0, 0.05) is 13.1 Å². The number of Topliss-reactive ketones (excluding diaryl/α,β-unsaturated/α-hetero) is 1. The lowest BCUT2D eigenvalue weighted by atomic mass is 10.1. The van der Waals surface area contributed by atoms with E-state index in [1.54, 1.807) is 0 Å². The number of benzene rings is 1. The number of hydrogen-bond donors (Lipinski definition) is 7. The summed E-state index contributed by atoms with van der Waals surface area (Å²) in [6, 6.07) is 5.69. The van der Waals surface area contributed by atoms with Gasteiger partial charge in [0.05, 0.1) is 28.8 Å². The van der Waals surface area contributed by atoms with E-state index >= 15 is 0 Å². The third kappa shape index (κ3) is 9.54. The molecule has 14 heteroatoms. The molecule has 0 bridgehead atoms. The van der Waals surface area contributed by atoms with Crippen LogP contribution >= 0.6 is 11.3 Å². The normalized spacial score (nSPS) is 12.4. The summed E-state index contributed by atoms with van der Waals surface area (Å²) in [5.74, 6) is -1.44. The molecule has 35 heavy (non-hydrogen) atoms. The maximum absolute atomic E-state index is 13.1. The van der Waals surface area contributed by atoms with Crippen molar-refractivity contribution < 1.29 is 14.4 Å². The second-order valence-electron chi connectivity index (χ2n) is 7.69. The Hall–Kier alpha value is -3.78. The third-order valence-corrected chi connectivity index (χ3v) is 5.88. The number of ketones is 1. The highest BCUT2D eigenvalue weighted by Crippen LogP contribution is 2.23. The second-order valence-corrected chi connectivity index (χ2v) is 8.72. The Kier molecular flexibility index (Phi) is 10.8. The summed E-state index contributed by atoms with van der Waals surface area (Å²) >= 11 is 1.25. The molecule has 2 rings (SSSR count). The first kappa shape index (κ1) is 27.5. The number of amides is 2. The van der Waals surface area contributed by atoms with Gasteiger partial charge in [-0.25, -0.2) is 4.98 Å². The lowest BCUT2D eigenvalue weighted by molar-refractivity contribution is -0.127. The van der Waals surface area contributed by atoms with E-state index in [4.69, 9.17) is 28.7 Å². The number of aromatic nitrogens is 1. The first-order valence-corrected chi connectivity index (χ1v) is 11.8. The fraction of sp³-hybridized carbons (Fsp3) is 0.429. The molecule has 13 nitrogen and oxygen atoms in total. The molecule has 2 unspecified atom stereocenters. The van der Waals surface area contributed by atoms with Crippen molar-refractivity contribution in [2.75, 3.05) is 19.6 Å². The van der Waals surface area contributed by atoms with Crippen LogP contribution in [0.1, 0.15) is 35.5 Å².